The fourth-order valence-corrected chi connectivity index (χ4v) is 3.96. The molecule has 0 saturated carbocycles. The average molecular weight is 418 g/mol. The number of nitrogens with one attached hydrogen (secondary N) is 1. The number of primary sulfonamides is 1. The van der Waals surface area contributed by atoms with Gasteiger partial charge in [-0.15, -0.1) is 0 Å². The summed E-state index contributed by atoms with van der Waals surface area (Å²) in [5, 5.41) is 7.98. The van der Waals surface area contributed by atoms with Crippen molar-refractivity contribution in [2.75, 3.05) is 31.6 Å². The summed E-state index contributed by atoms with van der Waals surface area (Å²) in [6, 6.07) is 14.0. The number of carbonyl (C=O) groups excluding carboxylic acids is 1. The zero-order chi connectivity index (χ0) is 20.9. The Morgan fingerprint density at radius 1 is 1.10 bits per heavy atom. The molecule has 3 N–H and O–H groups in total. The van der Waals surface area contributed by atoms with Crippen LogP contribution in [0.15, 0.2) is 53.4 Å². The number of nitrogens with zero attached hydrogens (tertiary/aromatic N) is 1. The standard InChI is InChI=1S/C21H27N3O4S/c1-28-19-11-14-24(15-12-19)18-6-4-17(5-7-18)21(25)23-13-10-16-2-8-20(9-3-16)29(22,26)27/h2-9,19H,10-15H2,1H3,(H,23,25)(H2,22,26,27). The molecule has 1 heterocycles. The van der Waals surface area contributed by atoms with Crippen molar-refractivity contribution in [2.24, 2.45) is 5.14 Å². The minimum atomic E-state index is -3.69. The Morgan fingerprint density at radius 3 is 2.28 bits per heavy atom. The molecule has 1 aliphatic rings. The van der Waals surface area contributed by atoms with Crippen LogP contribution in [-0.2, 0) is 21.2 Å². The lowest BCUT2D eigenvalue weighted by Gasteiger charge is -2.33. The van der Waals surface area contributed by atoms with E-state index in [0.29, 0.717) is 24.6 Å². The van der Waals surface area contributed by atoms with Crippen LogP contribution in [0.3, 0.4) is 0 Å². The second kappa shape index (κ2) is 9.39. The second-order valence-corrected chi connectivity index (χ2v) is 8.73. The number of benzene rings is 2. The molecule has 1 saturated heterocycles. The summed E-state index contributed by atoms with van der Waals surface area (Å²) in [7, 11) is -1.93. The van der Waals surface area contributed by atoms with Gasteiger partial charge < -0.3 is 15.0 Å². The average Bonchev–Trinajstić information content (AvgIpc) is 2.73. The van der Waals surface area contributed by atoms with Crippen LogP contribution < -0.4 is 15.4 Å². The molecule has 156 valence electrons. The van der Waals surface area contributed by atoms with Crippen molar-refractivity contribution in [1.29, 1.82) is 0 Å². The van der Waals surface area contributed by atoms with E-state index in [1.165, 1.54) is 12.1 Å². The molecule has 0 aliphatic carbocycles. The minimum Gasteiger partial charge on any atom is -0.381 e. The number of rotatable bonds is 7. The Labute approximate surface area is 171 Å². The van der Waals surface area contributed by atoms with Gasteiger partial charge in [-0.25, -0.2) is 13.6 Å². The van der Waals surface area contributed by atoms with Crippen LogP contribution in [0, 0.1) is 0 Å². The Hall–Kier alpha value is -2.42. The lowest BCUT2D eigenvalue weighted by Crippen LogP contribution is -2.36. The predicted octanol–water partition coefficient (Wildman–Crippen LogP) is 1.92. The van der Waals surface area contributed by atoms with Crippen LogP contribution in [0.5, 0.6) is 0 Å². The van der Waals surface area contributed by atoms with Crippen LogP contribution in [0.4, 0.5) is 5.69 Å². The van der Waals surface area contributed by atoms with Crippen molar-refractivity contribution in [1.82, 2.24) is 5.32 Å². The van der Waals surface area contributed by atoms with Crippen molar-refractivity contribution in [3.8, 4) is 0 Å². The summed E-state index contributed by atoms with van der Waals surface area (Å²) in [6.45, 7) is 2.36. The molecule has 29 heavy (non-hydrogen) atoms. The van der Waals surface area contributed by atoms with Crippen LogP contribution >= 0.6 is 0 Å². The molecule has 0 unspecified atom stereocenters. The summed E-state index contributed by atoms with van der Waals surface area (Å²) in [5.74, 6) is -0.129. The van der Waals surface area contributed by atoms with Crippen molar-refractivity contribution in [2.45, 2.75) is 30.3 Å². The zero-order valence-corrected chi connectivity index (χ0v) is 17.3. The highest BCUT2D eigenvalue weighted by Crippen LogP contribution is 2.21. The van der Waals surface area contributed by atoms with Crippen LogP contribution in [0.1, 0.15) is 28.8 Å². The maximum Gasteiger partial charge on any atom is 0.251 e. The van der Waals surface area contributed by atoms with E-state index in [9.17, 15) is 13.2 Å². The number of anilines is 1. The molecule has 1 amide bonds. The van der Waals surface area contributed by atoms with E-state index < -0.39 is 10.0 Å². The fraction of sp³-hybridized carbons (Fsp3) is 0.381. The van der Waals surface area contributed by atoms with E-state index in [2.05, 4.69) is 10.2 Å². The lowest BCUT2D eigenvalue weighted by molar-refractivity contribution is 0.0819. The lowest BCUT2D eigenvalue weighted by atomic mass is 10.1. The highest BCUT2D eigenvalue weighted by molar-refractivity contribution is 7.89. The number of sulfonamides is 1. The maximum atomic E-state index is 12.4. The van der Waals surface area contributed by atoms with E-state index >= 15 is 0 Å². The third-order valence-electron chi connectivity index (χ3n) is 5.22. The number of amides is 1. The van der Waals surface area contributed by atoms with Gasteiger partial charge in [-0.05, 0) is 61.2 Å². The van der Waals surface area contributed by atoms with Crippen LogP contribution in [-0.4, -0.2) is 47.2 Å². The molecular weight excluding hydrogens is 390 g/mol. The number of carbonyl (C=O) groups is 1. The number of nitrogens with two attached hydrogens (primary N) is 1. The van der Waals surface area contributed by atoms with E-state index in [0.717, 1.165) is 37.2 Å². The summed E-state index contributed by atoms with van der Waals surface area (Å²) in [5.41, 5.74) is 2.66. The summed E-state index contributed by atoms with van der Waals surface area (Å²) in [6.07, 6.45) is 2.96. The molecule has 8 heteroatoms. The molecule has 0 bridgehead atoms. The Kier molecular flexibility index (Phi) is 6.89. The first-order valence-electron chi connectivity index (χ1n) is 9.64. The van der Waals surface area contributed by atoms with Gasteiger partial charge in [0, 0.05) is 38.0 Å². The number of hydrogen-bond acceptors (Lipinski definition) is 5. The minimum absolute atomic E-state index is 0.0804. The monoisotopic (exact) mass is 417 g/mol. The van der Waals surface area contributed by atoms with Crippen molar-refractivity contribution >= 4 is 21.6 Å². The molecular formula is C21H27N3O4S. The highest BCUT2D eigenvalue weighted by Gasteiger charge is 2.19. The number of piperidine rings is 1. The molecule has 0 spiro atoms. The van der Waals surface area contributed by atoms with Gasteiger partial charge in [-0.1, -0.05) is 12.1 Å². The smallest absolute Gasteiger partial charge is 0.251 e. The van der Waals surface area contributed by atoms with E-state index in [4.69, 9.17) is 9.88 Å². The number of hydrogen-bond donors (Lipinski definition) is 2. The first-order chi connectivity index (χ1) is 13.9. The summed E-state index contributed by atoms with van der Waals surface area (Å²) in [4.78, 5) is 14.7. The highest BCUT2D eigenvalue weighted by atomic mass is 32.2. The Balaban J connectivity index is 1.48. The van der Waals surface area contributed by atoms with Crippen molar-refractivity contribution < 1.29 is 17.9 Å². The van der Waals surface area contributed by atoms with Gasteiger partial charge in [0.1, 0.15) is 0 Å². The molecule has 0 atom stereocenters. The van der Waals surface area contributed by atoms with Crippen molar-refractivity contribution in [3.05, 3.63) is 59.7 Å². The van der Waals surface area contributed by atoms with Crippen LogP contribution in [0.2, 0.25) is 0 Å². The Morgan fingerprint density at radius 2 is 1.72 bits per heavy atom. The molecule has 1 fully saturated rings. The van der Waals surface area contributed by atoms with Crippen molar-refractivity contribution in [3.63, 3.8) is 0 Å². The van der Waals surface area contributed by atoms with Gasteiger partial charge >= 0.3 is 0 Å². The van der Waals surface area contributed by atoms with Gasteiger partial charge in [0.2, 0.25) is 10.0 Å². The summed E-state index contributed by atoms with van der Waals surface area (Å²) < 4.78 is 27.9. The number of ether oxygens (including phenoxy) is 1. The Bertz CT molecular complexity index is 919. The van der Waals surface area contributed by atoms with Crippen LogP contribution in [0.25, 0.3) is 0 Å². The van der Waals surface area contributed by atoms with Gasteiger partial charge in [-0.3, -0.25) is 4.79 Å². The quantitative estimate of drug-likeness (QED) is 0.717. The molecule has 2 aromatic rings. The molecule has 3 rings (SSSR count). The molecule has 0 aromatic heterocycles. The topological polar surface area (TPSA) is 102 Å². The van der Waals surface area contributed by atoms with E-state index in [1.807, 2.05) is 24.3 Å². The third-order valence-corrected chi connectivity index (χ3v) is 6.15. The van der Waals surface area contributed by atoms with E-state index in [-0.39, 0.29) is 10.8 Å². The van der Waals surface area contributed by atoms with Gasteiger partial charge in [0.25, 0.3) is 5.91 Å². The van der Waals surface area contributed by atoms with Gasteiger partial charge in [-0.2, -0.15) is 0 Å². The third kappa shape index (κ3) is 5.79. The largest absolute Gasteiger partial charge is 0.381 e. The number of methoxy groups -OCH3 is 1. The zero-order valence-electron chi connectivity index (χ0n) is 16.5. The first-order valence-corrected chi connectivity index (χ1v) is 11.2. The van der Waals surface area contributed by atoms with Gasteiger partial charge in [0.05, 0.1) is 11.0 Å². The SMILES string of the molecule is COC1CCN(c2ccc(C(=O)NCCc3ccc(S(N)(=O)=O)cc3)cc2)CC1. The molecule has 7 nitrogen and oxygen atoms in total. The normalized spacial score (nSPS) is 15.3. The van der Waals surface area contributed by atoms with E-state index in [1.54, 1.807) is 19.2 Å². The molecule has 2 aromatic carbocycles. The maximum absolute atomic E-state index is 12.4. The fourth-order valence-electron chi connectivity index (χ4n) is 3.44. The first kappa shape index (κ1) is 21.3. The molecule has 1 aliphatic heterocycles. The summed E-state index contributed by atoms with van der Waals surface area (Å²) >= 11 is 0. The predicted molar refractivity (Wildman–Crippen MR) is 113 cm³/mol. The molecule has 0 radical (unpaired) electrons. The van der Waals surface area contributed by atoms with Gasteiger partial charge in [0.15, 0.2) is 0 Å². The second-order valence-electron chi connectivity index (χ2n) is 7.16.